The van der Waals surface area contributed by atoms with E-state index >= 15 is 0 Å². The van der Waals surface area contributed by atoms with Gasteiger partial charge in [0.25, 0.3) is 0 Å². The van der Waals surface area contributed by atoms with Crippen molar-refractivity contribution in [3.63, 3.8) is 0 Å². The number of sulfonamides is 1. The van der Waals surface area contributed by atoms with Gasteiger partial charge in [-0.15, -0.1) is 0 Å². The second kappa shape index (κ2) is 5.78. The number of benzene rings is 1. The summed E-state index contributed by atoms with van der Waals surface area (Å²) >= 11 is 0. The molecule has 0 radical (unpaired) electrons. The number of rotatable bonds is 4. The molecule has 0 unspecified atom stereocenters. The fourth-order valence-electron chi connectivity index (χ4n) is 5.40. The maximum Gasteiger partial charge on any atom is 0.243 e. The number of fused-ring (bicyclic) bond motifs is 1. The van der Waals surface area contributed by atoms with Crippen LogP contribution in [0.5, 0.6) is 0 Å². The van der Waals surface area contributed by atoms with E-state index in [0.717, 1.165) is 32.1 Å². The second-order valence-electron chi connectivity index (χ2n) is 8.35. The molecular weight excluding hydrogens is 352 g/mol. The van der Waals surface area contributed by atoms with E-state index in [1.807, 2.05) is 0 Å². The molecule has 4 aliphatic rings. The molecule has 140 valence electrons. The number of hydrogen-bond donors (Lipinski definition) is 2. The molecule has 1 amide bonds. The van der Waals surface area contributed by atoms with E-state index in [2.05, 4.69) is 5.32 Å². The van der Waals surface area contributed by atoms with Crippen molar-refractivity contribution >= 4 is 21.6 Å². The zero-order chi connectivity index (χ0) is 18.1. The number of aliphatic hydroxyl groups excluding tert-OH is 1. The number of amides is 1. The van der Waals surface area contributed by atoms with Gasteiger partial charge in [-0.25, -0.2) is 8.42 Å². The van der Waals surface area contributed by atoms with E-state index in [9.17, 15) is 18.3 Å². The molecular formula is C19H24N2O4S. The highest BCUT2D eigenvalue weighted by Crippen LogP contribution is 2.56. The van der Waals surface area contributed by atoms with E-state index in [1.165, 1.54) is 4.31 Å². The fourth-order valence-corrected chi connectivity index (χ4v) is 7.14. The Labute approximate surface area is 153 Å². The van der Waals surface area contributed by atoms with E-state index in [1.54, 1.807) is 24.3 Å². The predicted octanol–water partition coefficient (Wildman–Crippen LogP) is 1.81. The minimum atomic E-state index is -3.63. The first-order valence-corrected chi connectivity index (χ1v) is 11.0. The number of aliphatic hydroxyl groups is 1. The molecule has 2 bridgehead atoms. The topological polar surface area (TPSA) is 86.7 Å². The molecule has 3 aliphatic carbocycles. The molecule has 1 saturated heterocycles. The van der Waals surface area contributed by atoms with Gasteiger partial charge in [-0.2, -0.15) is 4.31 Å². The molecule has 0 aromatic heterocycles. The van der Waals surface area contributed by atoms with Crippen LogP contribution >= 0.6 is 0 Å². The molecule has 1 aromatic carbocycles. The highest BCUT2D eigenvalue weighted by Gasteiger charge is 2.61. The third kappa shape index (κ3) is 2.37. The molecule has 5 atom stereocenters. The standard InChI is InChI=1S/C19H24N2O4S/c22-18-12-8-13-10-21(17(18)16(13)9-12)26(24,25)15-6-4-14(5-7-15)20-19(23)11-2-1-3-11/h4-7,11-13,16-18,22H,1-3,8-10H2,(H,20,23)/t12-,13-,16+,17+,18-/m0/s1. The van der Waals surface area contributed by atoms with Gasteiger partial charge in [0.15, 0.2) is 0 Å². The van der Waals surface area contributed by atoms with Gasteiger partial charge in [-0.05, 0) is 67.7 Å². The van der Waals surface area contributed by atoms with Gasteiger partial charge >= 0.3 is 0 Å². The summed E-state index contributed by atoms with van der Waals surface area (Å²) in [5, 5.41) is 13.3. The normalized spacial score (nSPS) is 36.3. The minimum Gasteiger partial charge on any atom is -0.391 e. The van der Waals surface area contributed by atoms with Crippen LogP contribution in [-0.4, -0.2) is 42.4 Å². The molecule has 4 fully saturated rings. The van der Waals surface area contributed by atoms with E-state index in [4.69, 9.17) is 0 Å². The largest absolute Gasteiger partial charge is 0.391 e. The van der Waals surface area contributed by atoms with Crippen LogP contribution in [0.4, 0.5) is 5.69 Å². The number of carbonyl (C=O) groups excluding carboxylic acids is 1. The van der Waals surface area contributed by atoms with Gasteiger partial charge in [0.1, 0.15) is 0 Å². The maximum atomic E-state index is 13.1. The second-order valence-corrected chi connectivity index (χ2v) is 10.2. The zero-order valence-electron chi connectivity index (χ0n) is 14.5. The van der Waals surface area contributed by atoms with Crippen LogP contribution < -0.4 is 5.32 Å². The van der Waals surface area contributed by atoms with Crippen LogP contribution in [0.15, 0.2) is 29.2 Å². The lowest BCUT2D eigenvalue weighted by molar-refractivity contribution is -0.122. The van der Waals surface area contributed by atoms with Crippen LogP contribution in [0.1, 0.15) is 32.1 Å². The Bertz CT molecular complexity index is 832. The first-order valence-electron chi connectivity index (χ1n) is 9.56. The Hall–Kier alpha value is -1.44. The number of anilines is 1. The average Bonchev–Trinajstić information content (AvgIpc) is 3.16. The van der Waals surface area contributed by atoms with Gasteiger partial charge in [0.05, 0.1) is 17.0 Å². The highest BCUT2D eigenvalue weighted by atomic mass is 32.2. The monoisotopic (exact) mass is 376 g/mol. The quantitative estimate of drug-likeness (QED) is 0.839. The summed E-state index contributed by atoms with van der Waals surface area (Å²) in [5.41, 5.74) is 0.628. The zero-order valence-corrected chi connectivity index (χ0v) is 15.4. The molecule has 0 spiro atoms. The Balaban J connectivity index is 1.35. The number of nitrogens with one attached hydrogen (secondary N) is 1. The van der Waals surface area contributed by atoms with Gasteiger partial charge in [0, 0.05) is 18.2 Å². The number of hydrogen-bond acceptors (Lipinski definition) is 4. The molecule has 26 heavy (non-hydrogen) atoms. The smallest absolute Gasteiger partial charge is 0.243 e. The first kappa shape index (κ1) is 16.7. The molecule has 3 saturated carbocycles. The average molecular weight is 376 g/mol. The van der Waals surface area contributed by atoms with E-state index in [0.29, 0.717) is 24.1 Å². The van der Waals surface area contributed by atoms with Crippen molar-refractivity contribution in [3.8, 4) is 0 Å². The van der Waals surface area contributed by atoms with Crippen molar-refractivity contribution in [1.82, 2.24) is 4.31 Å². The van der Waals surface area contributed by atoms with Crippen molar-refractivity contribution in [1.29, 1.82) is 0 Å². The van der Waals surface area contributed by atoms with Crippen molar-refractivity contribution in [2.45, 2.75) is 49.1 Å². The Morgan fingerprint density at radius 1 is 1.12 bits per heavy atom. The summed E-state index contributed by atoms with van der Waals surface area (Å²) in [6, 6.07) is 6.17. The number of carbonyl (C=O) groups is 1. The fraction of sp³-hybridized carbons (Fsp3) is 0.632. The summed E-state index contributed by atoms with van der Waals surface area (Å²) in [7, 11) is -3.63. The molecule has 7 heteroatoms. The lowest BCUT2D eigenvalue weighted by Gasteiger charge is -2.28. The van der Waals surface area contributed by atoms with Gasteiger partial charge in [0.2, 0.25) is 15.9 Å². The maximum absolute atomic E-state index is 13.1. The van der Waals surface area contributed by atoms with Crippen molar-refractivity contribution in [2.75, 3.05) is 11.9 Å². The highest BCUT2D eigenvalue weighted by molar-refractivity contribution is 7.89. The third-order valence-corrected chi connectivity index (χ3v) is 8.89. The number of nitrogens with zero attached hydrogens (tertiary/aromatic N) is 1. The van der Waals surface area contributed by atoms with Crippen molar-refractivity contribution < 1.29 is 18.3 Å². The minimum absolute atomic E-state index is 0.0168. The van der Waals surface area contributed by atoms with E-state index < -0.39 is 16.1 Å². The van der Waals surface area contributed by atoms with Gasteiger partial charge < -0.3 is 10.4 Å². The van der Waals surface area contributed by atoms with Crippen LogP contribution in [0.2, 0.25) is 0 Å². The molecule has 5 rings (SSSR count). The summed E-state index contributed by atoms with van der Waals surface area (Å²) in [6.45, 7) is 0.519. The SMILES string of the molecule is O=C(Nc1ccc(S(=O)(=O)N2C[C@@H]3C[C@H]4C[C@H]3[C@@H]2[C@H]4O)cc1)C1CCC1. The first-order chi connectivity index (χ1) is 12.4. The van der Waals surface area contributed by atoms with Crippen LogP contribution in [0, 0.1) is 23.7 Å². The molecule has 2 N–H and O–H groups in total. The van der Waals surface area contributed by atoms with Crippen LogP contribution in [0.3, 0.4) is 0 Å². The lowest BCUT2D eigenvalue weighted by atomic mass is 9.85. The molecule has 1 aromatic rings. The predicted molar refractivity (Wildman–Crippen MR) is 95.8 cm³/mol. The lowest BCUT2D eigenvalue weighted by Crippen LogP contribution is -2.43. The molecule has 6 nitrogen and oxygen atoms in total. The third-order valence-electron chi connectivity index (χ3n) is 7.01. The summed E-state index contributed by atoms with van der Waals surface area (Å²) < 4.78 is 27.8. The van der Waals surface area contributed by atoms with Crippen molar-refractivity contribution in [2.24, 2.45) is 23.7 Å². The Morgan fingerprint density at radius 3 is 2.46 bits per heavy atom. The molecule has 1 aliphatic heterocycles. The summed E-state index contributed by atoms with van der Waals surface area (Å²) in [6.07, 6.45) is 4.33. The van der Waals surface area contributed by atoms with Gasteiger partial charge in [-0.1, -0.05) is 6.42 Å². The van der Waals surface area contributed by atoms with E-state index in [-0.39, 0.29) is 28.7 Å². The Morgan fingerprint density at radius 2 is 1.85 bits per heavy atom. The Kier molecular flexibility index (Phi) is 3.71. The molecule has 1 heterocycles. The van der Waals surface area contributed by atoms with Gasteiger partial charge in [-0.3, -0.25) is 4.79 Å². The summed E-state index contributed by atoms with van der Waals surface area (Å²) in [4.78, 5) is 12.3. The van der Waals surface area contributed by atoms with Crippen LogP contribution in [0.25, 0.3) is 0 Å². The summed E-state index contributed by atoms with van der Waals surface area (Å²) in [5.74, 6) is 1.08. The van der Waals surface area contributed by atoms with Crippen molar-refractivity contribution in [3.05, 3.63) is 24.3 Å². The van der Waals surface area contributed by atoms with Crippen LogP contribution in [-0.2, 0) is 14.8 Å².